The van der Waals surface area contributed by atoms with Gasteiger partial charge in [0.2, 0.25) is 0 Å². The number of nitrogens with one attached hydrogen (secondary N) is 2. The third-order valence-electron chi connectivity index (χ3n) is 3.32. The number of ether oxygens (including phenoxy) is 2. The van der Waals surface area contributed by atoms with Crippen molar-refractivity contribution in [3.63, 3.8) is 0 Å². The molecular weight excluding hydrogens is 325 g/mol. The molecule has 1 heterocycles. The molecule has 1 amide bonds. The molecule has 3 rings (SSSR count). The molecule has 2 aromatic carbocycles. The second kappa shape index (κ2) is 6.69. The van der Waals surface area contributed by atoms with Gasteiger partial charge in [-0.05, 0) is 35.9 Å². The van der Waals surface area contributed by atoms with Crippen molar-refractivity contribution >= 4 is 17.3 Å². The molecule has 0 unspecified atom stereocenters. The molecule has 1 aliphatic heterocycles. The lowest BCUT2D eigenvalue weighted by Crippen LogP contribution is -2.25. The van der Waals surface area contributed by atoms with Crippen LogP contribution in [0.3, 0.4) is 0 Å². The Morgan fingerprint density at radius 2 is 2.08 bits per heavy atom. The Balaban J connectivity index is 1.66. The van der Waals surface area contributed by atoms with Gasteiger partial charge in [0.1, 0.15) is 5.75 Å². The molecule has 1 aliphatic rings. The van der Waals surface area contributed by atoms with Crippen LogP contribution < -0.4 is 20.1 Å². The van der Waals surface area contributed by atoms with Gasteiger partial charge < -0.3 is 20.1 Å². The summed E-state index contributed by atoms with van der Waals surface area (Å²) in [5, 5.41) is 5.73. The standard InChI is InChI=1S/C16H13F3N2O3/c17-11-5-9(1-3-13(11)24-16(18)19)7-20-10-2-4-14-12(6-10)21-15(22)8-23-14/h1-6,16,20H,7-8H2,(H,21,22). The van der Waals surface area contributed by atoms with Crippen LogP contribution in [-0.4, -0.2) is 19.1 Å². The lowest BCUT2D eigenvalue weighted by atomic mass is 10.2. The summed E-state index contributed by atoms with van der Waals surface area (Å²) in [6.07, 6.45) is 0. The van der Waals surface area contributed by atoms with Crippen molar-refractivity contribution in [2.24, 2.45) is 0 Å². The van der Waals surface area contributed by atoms with E-state index >= 15 is 0 Å². The number of alkyl halides is 2. The number of benzene rings is 2. The highest BCUT2D eigenvalue weighted by molar-refractivity contribution is 5.96. The third kappa shape index (κ3) is 3.70. The minimum absolute atomic E-state index is 0.0217. The minimum atomic E-state index is -3.07. The van der Waals surface area contributed by atoms with Crippen LogP contribution in [0.15, 0.2) is 36.4 Å². The average molecular weight is 338 g/mol. The lowest BCUT2D eigenvalue weighted by Gasteiger charge is -2.19. The normalized spacial score (nSPS) is 13.1. The molecule has 0 aliphatic carbocycles. The van der Waals surface area contributed by atoms with Crippen molar-refractivity contribution < 1.29 is 27.4 Å². The Hall–Kier alpha value is -2.90. The quantitative estimate of drug-likeness (QED) is 0.878. The van der Waals surface area contributed by atoms with E-state index in [4.69, 9.17) is 4.74 Å². The first kappa shape index (κ1) is 16.0. The molecule has 0 atom stereocenters. The van der Waals surface area contributed by atoms with Gasteiger partial charge in [-0.25, -0.2) is 4.39 Å². The molecule has 0 bridgehead atoms. The van der Waals surface area contributed by atoms with Gasteiger partial charge in [-0.2, -0.15) is 8.78 Å². The highest BCUT2D eigenvalue weighted by atomic mass is 19.3. The maximum absolute atomic E-state index is 13.7. The first-order valence-electron chi connectivity index (χ1n) is 7.05. The summed E-state index contributed by atoms with van der Waals surface area (Å²) in [5.41, 5.74) is 1.78. The SMILES string of the molecule is O=C1COc2ccc(NCc3ccc(OC(F)F)c(F)c3)cc2N1. The Bertz CT molecular complexity index is 768. The molecule has 0 saturated heterocycles. The van der Waals surface area contributed by atoms with E-state index in [0.717, 1.165) is 12.1 Å². The van der Waals surface area contributed by atoms with E-state index in [2.05, 4.69) is 15.4 Å². The van der Waals surface area contributed by atoms with E-state index in [1.54, 1.807) is 18.2 Å². The van der Waals surface area contributed by atoms with Gasteiger partial charge in [0.15, 0.2) is 18.2 Å². The first-order valence-corrected chi connectivity index (χ1v) is 7.05. The van der Waals surface area contributed by atoms with Gasteiger partial charge >= 0.3 is 6.61 Å². The smallest absolute Gasteiger partial charge is 0.387 e. The highest BCUT2D eigenvalue weighted by Gasteiger charge is 2.16. The number of hydrogen-bond donors (Lipinski definition) is 2. The minimum Gasteiger partial charge on any atom is -0.482 e. The van der Waals surface area contributed by atoms with Gasteiger partial charge in [-0.15, -0.1) is 0 Å². The molecule has 2 N–H and O–H groups in total. The van der Waals surface area contributed by atoms with E-state index in [-0.39, 0.29) is 19.1 Å². The number of carbonyl (C=O) groups is 1. The van der Waals surface area contributed by atoms with Gasteiger partial charge in [0, 0.05) is 12.2 Å². The topological polar surface area (TPSA) is 59.6 Å². The van der Waals surface area contributed by atoms with Crippen LogP contribution in [0, 0.1) is 5.82 Å². The van der Waals surface area contributed by atoms with Crippen molar-refractivity contribution in [3.05, 3.63) is 47.8 Å². The second-order valence-corrected chi connectivity index (χ2v) is 5.04. The van der Waals surface area contributed by atoms with Crippen molar-refractivity contribution in [2.45, 2.75) is 13.2 Å². The molecule has 126 valence electrons. The molecule has 0 spiro atoms. The summed E-state index contributed by atoms with van der Waals surface area (Å²) in [4.78, 5) is 11.3. The Morgan fingerprint density at radius 3 is 2.83 bits per heavy atom. The number of rotatable bonds is 5. The Morgan fingerprint density at radius 1 is 1.25 bits per heavy atom. The summed E-state index contributed by atoms with van der Waals surface area (Å²) in [7, 11) is 0. The predicted molar refractivity (Wildman–Crippen MR) is 80.9 cm³/mol. The number of hydrogen-bond acceptors (Lipinski definition) is 4. The number of fused-ring (bicyclic) bond motifs is 1. The van der Waals surface area contributed by atoms with Crippen LogP contribution in [0.2, 0.25) is 0 Å². The van der Waals surface area contributed by atoms with Gasteiger partial charge in [0.25, 0.3) is 5.91 Å². The first-order chi connectivity index (χ1) is 11.5. The molecule has 0 saturated carbocycles. The molecule has 0 radical (unpaired) electrons. The fraction of sp³-hybridized carbons (Fsp3) is 0.188. The second-order valence-electron chi connectivity index (χ2n) is 5.04. The van der Waals surface area contributed by atoms with Crippen LogP contribution in [0.1, 0.15) is 5.56 Å². The predicted octanol–water partition coefficient (Wildman–Crippen LogP) is 3.37. The average Bonchev–Trinajstić information content (AvgIpc) is 2.54. The van der Waals surface area contributed by atoms with Crippen LogP contribution in [0.4, 0.5) is 24.5 Å². The fourth-order valence-corrected chi connectivity index (χ4v) is 2.24. The van der Waals surface area contributed by atoms with Crippen molar-refractivity contribution in [2.75, 3.05) is 17.2 Å². The third-order valence-corrected chi connectivity index (χ3v) is 3.32. The molecule has 24 heavy (non-hydrogen) atoms. The lowest BCUT2D eigenvalue weighted by molar-refractivity contribution is -0.118. The van der Waals surface area contributed by atoms with Gasteiger partial charge in [-0.3, -0.25) is 4.79 Å². The monoisotopic (exact) mass is 338 g/mol. The summed E-state index contributed by atoms with van der Waals surface area (Å²) < 4.78 is 47.1. The number of anilines is 2. The zero-order chi connectivity index (χ0) is 17.1. The van der Waals surface area contributed by atoms with Gasteiger partial charge in [-0.1, -0.05) is 6.07 Å². The van der Waals surface area contributed by atoms with Gasteiger partial charge in [0.05, 0.1) is 5.69 Å². The van der Waals surface area contributed by atoms with E-state index in [1.165, 1.54) is 6.07 Å². The maximum Gasteiger partial charge on any atom is 0.387 e. The molecule has 0 aromatic heterocycles. The van der Waals surface area contributed by atoms with Crippen molar-refractivity contribution in [1.82, 2.24) is 0 Å². The van der Waals surface area contributed by atoms with E-state index in [9.17, 15) is 18.0 Å². The summed E-state index contributed by atoms with van der Waals surface area (Å²) >= 11 is 0. The fourth-order valence-electron chi connectivity index (χ4n) is 2.24. The van der Waals surface area contributed by atoms with E-state index in [1.807, 2.05) is 0 Å². The molecule has 0 fully saturated rings. The summed E-state index contributed by atoms with van der Waals surface area (Å²) in [6, 6.07) is 8.90. The van der Waals surface area contributed by atoms with Crippen molar-refractivity contribution in [3.8, 4) is 11.5 Å². The van der Waals surface area contributed by atoms with Crippen LogP contribution in [-0.2, 0) is 11.3 Å². The largest absolute Gasteiger partial charge is 0.482 e. The molecule has 8 heteroatoms. The highest BCUT2D eigenvalue weighted by Crippen LogP contribution is 2.30. The number of carbonyl (C=O) groups excluding carboxylic acids is 1. The number of halogens is 3. The van der Waals surface area contributed by atoms with E-state index < -0.39 is 18.2 Å². The van der Waals surface area contributed by atoms with Crippen LogP contribution in [0.25, 0.3) is 0 Å². The zero-order valence-corrected chi connectivity index (χ0v) is 12.3. The maximum atomic E-state index is 13.7. The summed E-state index contributed by atoms with van der Waals surface area (Å²) in [5.74, 6) is -1.03. The molecular formula is C16H13F3N2O3. The van der Waals surface area contributed by atoms with E-state index in [0.29, 0.717) is 22.7 Å². The summed E-state index contributed by atoms with van der Waals surface area (Å²) in [6.45, 7) is -2.83. The zero-order valence-electron chi connectivity index (χ0n) is 12.3. The molecule has 2 aromatic rings. The number of amides is 1. The van der Waals surface area contributed by atoms with Crippen LogP contribution in [0.5, 0.6) is 11.5 Å². The molecule has 5 nitrogen and oxygen atoms in total. The Kier molecular flexibility index (Phi) is 4.45. The van der Waals surface area contributed by atoms with Crippen molar-refractivity contribution in [1.29, 1.82) is 0 Å². The Labute approximate surface area is 135 Å². The van der Waals surface area contributed by atoms with Crippen LogP contribution >= 0.6 is 0 Å².